The lowest BCUT2D eigenvalue weighted by Crippen LogP contribution is -2.42. The summed E-state index contributed by atoms with van der Waals surface area (Å²) in [7, 11) is 0. The highest BCUT2D eigenvalue weighted by atomic mass is 19.1. The van der Waals surface area contributed by atoms with Crippen molar-refractivity contribution in [3.63, 3.8) is 0 Å². The predicted octanol–water partition coefficient (Wildman–Crippen LogP) is 2.59. The van der Waals surface area contributed by atoms with Gasteiger partial charge in [-0.1, -0.05) is 0 Å². The molecule has 172 valence electrons. The zero-order valence-corrected chi connectivity index (χ0v) is 18.2. The van der Waals surface area contributed by atoms with Crippen molar-refractivity contribution in [2.24, 2.45) is 5.73 Å². The van der Waals surface area contributed by atoms with Crippen LogP contribution in [0.4, 0.5) is 10.1 Å². The molecule has 0 spiro atoms. The minimum absolute atomic E-state index is 0.0385. The van der Waals surface area contributed by atoms with E-state index in [-0.39, 0.29) is 18.0 Å². The third kappa shape index (κ3) is 4.67. The van der Waals surface area contributed by atoms with Gasteiger partial charge in [0.05, 0.1) is 17.9 Å². The van der Waals surface area contributed by atoms with Crippen LogP contribution in [0.3, 0.4) is 0 Å². The van der Waals surface area contributed by atoms with Crippen LogP contribution >= 0.6 is 0 Å². The lowest BCUT2D eigenvalue weighted by Gasteiger charge is -2.34. The van der Waals surface area contributed by atoms with E-state index in [0.29, 0.717) is 18.0 Å². The fourth-order valence-electron chi connectivity index (χ4n) is 4.38. The van der Waals surface area contributed by atoms with E-state index < -0.39 is 0 Å². The van der Waals surface area contributed by atoms with Crippen molar-refractivity contribution in [1.82, 2.24) is 29.6 Å². The van der Waals surface area contributed by atoms with Crippen LogP contribution in [0.5, 0.6) is 5.75 Å². The summed E-state index contributed by atoms with van der Waals surface area (Å²) in [5.41, 5.74) is 14.8. The summed E-state index contributed by atoms with van der Waals surface area (Å²) >= 11 is 0. The van der Waals surface area contributed by atoms with Crippen molar-refractivity contribution in [2.75, 3.05) is 31.9 Å². The van der Waals surface area contributed by atoms with Crippen LogP contribution in [-0.4, -0.2) is 61.9 Å². The number of nitrogens with two attached hydrogens (primary N) is 2. The summed E-state index contributed by atoms with van der Waals surface area (Å²) in [5.74, 6) is 0.0992. The Morgan fingerprint density at radius 3 is 2.85 bits per heavy atom. The molecule has 10 heteroatoms. The van der Waals surface area contributed by atoms with Gasteiger partial charge in [0.15, 0.2) is 0 Å². The number of aromatic amines is 1. The summed E-state index contributed by atoms with van der Waals surface area (Å²) < 4.78 is 21.4. The van der Waals surface area contributed by atoms with Gasteiger partial charge in [0.2, 0.25) is 0 Å². The second kappa shape index (κ2) is 9.16. The average molecular weight is 451 g/mol. The number of H-pyrrole nitrogens is 1. The smallest absolute Gasteiger partial charge is 0.141 e. The van der Waals surface area contributed by atoms with Gasteiger partial charge in [-0.05, 0) is 25.0 Å². The predicted molar refractivity (Wildman–Crippen MR) is 124 cm³/mol. The number of halogens is 1. The van der Waals surface area contributed by atoms with Gasteiger partial charge in [-0.25, -0.2) is 14.4 Å². The second-order valence-corrected chi connectivity index (χ2v) is 8.40. The Morgan fingerprint density at radius 2 is 2.06 bits per heavy atom. The molecule has 9 nitrogen and oxygen atoms in total. The van der Waals surface area contributed by atoms with Gasteiger partial charge in [0.1, 0.15) is 29.6 Å². The van der Waals surface area contributed by atoms with Gasteiger partial charge in [-0.3, -0.25) is 4.68 Å². The van der Waals surface area contributed by atoms with Crippen molar-refractivity contribution < 1.29 is 9.13 Å². The van der Waals surface area contributed by atoms with Crippen molar-refractivity contribution in [2.45, 2.75) is 25.0 Å². The summed E-state index contributed by atoms with van der Waals surface area (Å²) in [6, 6.07) is 6.33. The first-order valence-electron chi connectivity index (χ1n) is 11.1. The number of likely N-dealkylation sites (tertiary alicyclic amines) is 1. The zero-order valence-electron chi connectivity index (χ0n) is 18.2. The monoisotopic (exact) mass is 450 g/mol. The number of anilines is 1. The van der Waals surface area contributed by atoms with E-state index in [2.05, 4.69) is 25.0 Å². The highest BCUT2D eigenvalue weighted by molar-refractivity contribution is 5.89. The number of ether oxygens (including phenoxy) is 1. The van der Waals surface area contributed by atoms with Crippen LogP contribution < -0.4 is 16.2 Å². The number of rotatable bonds is 7. The molecule has 3 aromatic heterocycles. The minimum Gasteiger partial charge on any atom is -0.490 e. The third-order valence-electron chi connectivity index (χ3n) is 6.08. The van der Waals surface area contributed by atoms with Crippen LogP contribution in [0, 0.1) is 5.82 Å². The molecule has 5 rings (SSSR count). The molecule has 4 aromatic rings. The summed E-state index contributed by atoms with van der Waals surface area (Å²) in [6.07, 6.45) is 8.97. The summed E-state index contributed by atoms with van der Waals surface area (Å²) in [6.45, 7) is 3.01. The molecular formula is C23H27FN8O. The van der Waals surface area contributed by atoms with Gasteiger partial charge >= 0.3 is 0 Å². The van der Waals surface area contributed by atoms with E-state index in [1.165, 1.54) is 12.1 Å². The first-order chi connectivity index (χ1) is 16.1. The summed E-state index contributed by atoms with van der Waals surface area (Å²) in [4.78, 5) is 14.2. The molecule has 0 radical (unpaired) electrons. The van der Waals surface area contributed by atoms with Crippen molar-refractivity contribution in [3.05, 3.63) is 55.0 Å². The number of nitrogen functional groups attached to an aromatic ring is 1. The third-order valence-corrected chi connectivity index (χ3v) is 6.08. The molecule has 1 aliphatic heterocycles. The molecule has 4 heterocycles. The zero-order chi connectivity index (χ0) is 22.8. The fraction of sp³-hybridized carbons (Fsp3) is 0.348. The Labute approximate surface area is 190 Å². The lowest BCUT2D eigenvalue weighted by molar-refractivity contribution is 0.0913. The Kier molecular flexibility index (Phi) is 5.93. The van der Waals surface area contributed by atoms with Crippen LogP contribution in [0.2, 0.25) is 0 Å². The highest BCUT2D eigenvalue weighted by Gasteiger charge is 2.24. The number of nitrogens with zero attached hydrogens (tertiary/aromatic N) is 5. The van der Waals surface area contributed by atoms with Gasteiger partial charge in [0, 0.05) is 67.3 Å². The molecule has 33 heavy (non-hydrogen) atoms. The maximum atomic E-state index is 13.6. The van der Waals surface area contributed by atoms with Crippen LogP contribution in [0.25, 0.3) is 22.3 Å². The topological polar surface area (TPSA) is 124 Å². The molecular weight excluding hydrogens is 423 g/mol. The average Bonchev–Trinajstić information content (AvgIpc) is 3.47. The van der Waals surface area contributed by atoms with Crippen LogP contribution in [0.1, 0.15) is 18.9 Å². The number of fused-ring (bicyclic) bond motifs is 1. The fourth-order valence-corrected chi connectivity index (χ4v) is 4.38. The maximum Gasteiger partial charge on any atom is 0.141 e. The molecule has 1 aliphatic rings. The van der Waals surface area contributed by atoms with Gasteiger partial charge in [-0.2, -0.15) is 5.10 Å². The Hall–Kier alpha value is -3.50. The largest absolute Gasteiger partial charge is 0.490 e. The van der Waals surface area contributed by atoms with E-state index in [1.807, 2.05) is 29.3 Å². The Bertz CT molecular complexity index is 1210. The Balaban J connectivity index is 1.21. The van der Waals surface area contributed by atoms with E-state index in [0.717, 1.165) is 54.8 Å². The van der Waals surface area contributed by atoms with E-state index in [4.69, 9.17) is 16.2 Å². The lowest BCUT2D eigenvalue weighted by atomic mass is 10.1. The van der Waals surface area contributed by atoms with E-state index >= 15 is 0 Å². The molecule has 1 unspecified atom stereocenters. The van der Waals surface area contributed by atoms with E-state index in [1.54, 1.807) is 12.4 Å². The molecule has 5 N–H and O–H groups in total. The van der Waals surface area contributed by atoms with Crippen molar-refractivity contribution in [3.8, 4) is 17.0 Å². The number of nitrogens with one attached hydrogen (secondary N) is 1. The second-order valence-electron chi connectivity index (χ2n) is 8.40. The normalized spacial score (nSPS) is 16.3. The van der Waals surface area contributed by atoms with E-state index in [9.17, 15) is 4.39 Å². The number of benzene rings is 1. The highest BCUT2D eigenvalue weighted by Crippen LogP contribution is 2.26. The number of piperidine rings is 1. The standard InChI is InChI=1S/C23H27FN8O/c24-16-7-17(26)9-20(8-16)33-19-2-5-31(6-3-19)13-18(10-25)32-12-15(11-30-32)22-21-1-4-27-23(21)29-14-28-22/h1,4,7-9,11-12,14,18-19H,2-3,5-6,10,13,25-26H2,(H,27,28,29). The number of hydrogen-bond acceptors (Lipinski definition) is 7. The molecule has 1 atom stereocenters. The van der Waals surface area contributed by atoms with Crippen LogP contribution in [0.15, 0.2) is 49.2 Å². The van der Waals surface area contributed by atoms with Gasteiger partial charge in [-0.15, -0.1) is 0 Å². The van der Waals surface area contributed by atoms with Gasteiger partial charge in [0.25, 0.3) is 0 Å². The first-order valence-corrected chi connectivity index (χ1v) is 11.1. The molecule has 0 amide bonds. The van der Waals surface area contributed by atoms with Gasteiger partial charge < -0.3 is 26.1 Å². The molecule has 1 fully saturated rings. The summed E-state index contributed by atoms with van der Waals surface area (Å²) in [5, 5.41) is 5.54. The van der Waals surface area contributed by atoms with Crippen molar-refractivity contribution >= 4 is 16.7 Å². The quantitative estimate of drug-likeness (QED) is 0.370. The number of hydrogen-bond donors (Lipinski definition) is 3. The maximum absolute atomic E-state index is 13.6. The minimum atomic E-state index is -0.383. The SMILES string of the molecule is NCC(CN1CCC(Oc2cc(N)cc(F)c2)CC1)n1cc(-c2ncnc3[nH]ccc23)cn1. The van der Waals surface area contributed by atoms with Crippen molar-refractivity contribution in [1.29, 1.82) is 0 Å². The molecule has 0 saturated carbocycles. The molecule has 0 aliphatic carbocycles. The molecule has 1 saturated heterocycles. The molecule has 0 bridgehead atoms. The number of aromatic nitrogens is 5. The Morgan fingerprint density at radius 1 is 1.21 bits per heavy atom. The molecule has 1 aromatic carbocycles. The van der Waals surface area contributed by atoms with Crippen LogP contribution in [-0.2, 0) is 0 Å². The first kappa shape index (κ1) is 21.4.